The van der Waals surface area contributed by atoms with Crippen molar-refractivity contribution in [3.63, 3.8) is 0 Å². The van der Waals surface area contributed by atoms with Crippen molar-refractivity contribution in [3.05, 3.63) is 126 Å². The Morgan fingerprint density at radius 1 is 0.564 bits per heavy atom. The van der Waals surface area contributed by atoms with Crippen molar-refractivity contribution in [3.8, 4) is 0 Å². The SMILES string of the molecule is C[Si](C)(C)N=P(C=P([N-][Si](C)(C)C)(c1ccccc1)c1ccccc1)(c1ccccc1)c1ccccc1.[Cl][GeH]. The Morgan fingerprint density at radius 2 is 0.872 bits per heavy atom. The van der Waals surface area contributed by atoms with Crippen LogP contribution in [0.5, 0.6) is 0 Å². The van der Waals surface area contributed by atoms with E-state index in [1.807, 2.05) is 0 Å². The van der Waals surface area contributed by atoms with E-state index in [1.54, 1.807) is 0 Å². The Hall–Kier alpha value is -1.36. The van der Waals surface area contributed by atoms with E-state index in [0.29, 0.717) is 0 Å². The Bertz CT molecular complexity index is 1330. The fourth-order valence-electron chi connectivity index (χ4n) is 4.66. The predicted octanol–water partition coefficient (Wildman–Crippen LogP) is 8.27. The summed E-state index contributed by atoms with van der Waals surface area (Å²) in [6, 6.07) is 44.1. The van der Waals surface area contributed by atoms with E-state index in [0.717, 1.165) is 15.6 Å². The molecule has 0 spiro atoms. The van der Waals surface area contributed by atoms with Gasteiger partial charge < -0.3 is 9.16 Å². The summed E-state index contributed by atoms with van der Waals surface area (Å²) in [5.74, 6) is 0. The van der Waals surface area contributed by atoms with Crippen LogP contribution >= 0.6 is 24.1 Å². The van der Waals surface area contributed by atoms with E-state index in [-0.39, 0.29) is 0 Å². The van der Waals surface area contributed by atoms with E-state index in [4.69, 9.17) is 19.2 Å². The van der Waals surface area contributed by atoms with Crippen molar-refractivity contribution in [2.75, 3.05) is 0 Å². The molecule has 0 heterocycles. The first kappa shape index (κ1) is 32.2. The van der Waals surface area contributed by atoms with Crippen LogP contribution in [0.25, 0.3) is 4.75 Å². The quantitative estimate of drug-likeness (QED) is 0.134. The van der Waals surface area contributed by atoms with Gasteiger partial charge in [-0.15, -0.1) is 7.04 Å². The first-order valence-electron chi connectivity index (χ1n) is 13.1. The third kappa shape index (κ3) is 8.33. The van der Waals surface area contributed by atoms with Gasteiger partial charge in [0.05, 0.1) is 0 Å². The zero-order valence-corrected chi connectivity index (χ0v) is 30.8. The van der Waals surface area contributed by atoms with Gasteiger partial charge in [-0.3, -0.25) is 0 Å². The molecule has 0 fully saturated rings. The second-order valence-corrected chi connectivity index (χ2v) is 27.4. The first-order chi connectivity index (χ1) is 18.5. The van der Waals surface area contributed by atoms with E-state index in [1.165, 1.54) is 21.2 Å². The molecule has 39 heavy (non-hydrogen) atoms. The van der Waals surface area contributed by atoms with Gasteiger partial charge >= 0.3 is 25.6 Å². The van der Waals surface area contributed by atoms with Crippen LogP contribution in [0, 0.1) is 0 Å². The molecule has 0 aromatic heterocycles. The summed E-state index contributed by atoms with van der Waals surface area (Å²) in [5, 5.41) is 5.24. The molecule has 0 aliphatic carbocycles. The fourth-order valence-corrected chi connectivity index (χ4v) is 22.6. The van der Waals surface area contributed by atoms with E-state index < -0.39 is 30.6 Å². The molecule has 8 heteroatoms. The summed E-state index contributed by atoms with van der Waals surface area (Å²) in [6.07, 6.45) is 0. The Labute approximate surface area is 251 Å². The number of hydrogen-bond donors (Lipinski definition) is 0. The molecule has 0 aliphatic rings. The summed E-state index contributed by atoms with van der Waals surface area (Å²) >= 11 is 1.16. The molecule has 0 amide bonds. The van der Waals surface area contributed by atoms with Gasteiger partial charge in [-0.1, -0.05) is 174 Å². The molecule has 2 radical (unpaired) electrons. The second-order valence-electron chi connectivity index (χ2n) is 11.4. The van der Waals surface area contributed by atoms with Crippen LogP contribution in [0.4, 0.5) is 0 Å². The molecule has 4 aromatic carbocycles. The summed E-state index contributed by atoms with van der Waals surface area (Å²) in [4.78, 5) is 0. The van der Waals surface area contributed by atoms with Gasteiger partial charge in [-0.2, -0.15) is 0 Å². The molecule has 0 saturated heterocycles. The fraction of sp³-hybridized carbons (Fsp3) is 0.194. The Kier molecular flexibility index (Phi) is 11.5. The van der Waals surface area contributed by atoms with Crippen molar-refractivity contribution < 1.29 is 0 Å². The molecular formula is C31H40ClGeN2P2Si2-. The molecule has 0 saturated carbocycles. The number of hydrogen-bond acceptors (Lipinski definition) is 1. The topological polar surface area (TPSA) is 26.5 Å². The standard InChI is InChI=1S/C31H39N2P2Si2.ClGeH/c1-36(2,3)32-34(28-19-11-7-12-20-28,29-21-13-8-14-22-29)27-35(33-37(4,5)6,30-23-15-9-16-24-30)31-25-17-10-18-26-31;1-2/h7-27H,1-6H3;2H/q-1;. The number of rotatable bonds is 8. The van der Waals surface area contributed by atoms with Gasteiger partial charge in [-0.25, -0.2) is 0 Å². The number of benzene rings is 4. The average molecular weight is 667 g/mol. The monoisotopic (exact) mass is 667 g/mol. The molecular weight excluding hydrogens is 627 g/mol. The predicted molar refractivity (Wildman–Crippen MR) is 190 cm³/mol. The molecule has 0 aliphatic heterocycles. The van der Waals surface area contributed by atoms with Crippen LogP contribution in [0.1, 0.15) is 0 Å². The summed E-state index contributed by atoms with van der Waals surface area (Å²) in [5.41, 5.74) is 2.69. The van der Waals surface area contributed by atoms with Crippen LogP contribution in [-0.2, 0) is 0 Å². The van der Waals surface area contributed by atoms with Crippen molar-refractivity contribution in [1.82, 2.24) is 0 Å². The van der Waals surface area contributed by atoms with Gasteiger partial charge in [0, 0.05) is 7.05 Å². The molecule has 2 nitrogen and oxygen atoms in total. The van der Waals surface area contributed by atoms with E-state index in [2.05, 4.69) is 166 Å². The van der Waals surface area contributed by atoms with Gasteiger partial charge in [-0.05, 0) is 21.2 Å². The molecule has 4 rings (SSSR count). The number of nitrogens with zero attached hydrogens (tertiary/aromatic N) is 2. The molecule has 0 unspecified atom stereocenters. The zero-order chi connectivity index (χ0) is 28.6. The van der Waals surface area contributed by atoms with Crippen molar-refractivity contribution in [1.29, 1.82) is 0 Å². The van der Waals surface area contributed by atoms with Gasteiger partial charge in [0.25, 0.3) is 0 Å². The van der Waals surface area contributed by atoms with E-state index in [9.17, 15) is 0 Å². The molecule has 0 atom stereocenters. The van der Waals surface area contributed by atoms with Crippen LogP contribution in [0.3, 0.4) is 0 Å². The maximum atomic E-state index is 5.92. The maximum absolute atomic E-state index is 5.92. The average Bonchev–Trinajstić information content (AvgIpc) is 2.94. The summed E-state index contributed by atoms with van der Waals surface area (Å²) in [6.45, 7) is 14.2. The Morgan fingerprint density at radius 3 is 1.15 bits per heavy atom. The van der Waals surface area contributed by atoms with Gasteiger partial charge in [0.15, 0.2) is 8.24 Å². The van der Waals surface area contributed by atoms with Crippen molar-refractivity contribution in [2.45, 2.75) is 39.3 Å². The minimum absolute atomic E-state index is 1.16. The zero-order valence-electron chi connectivity index (χ0n) is 23.9. The molecule has 0 bridgehead atoms. The third-order valence-electron chi connectivity index (χ3n) is 5.85. The van der Waals surface area contributed by atoms with Crippen LogP contribution in [0.15, 0.2) is 126 Å². The first-order valence-corrected chi connectivity index (χ1v) is 26.8. The van der Waals surface area contributed by atoms with Gasteiger partial charge in [0.2, 0.25) is 0 Å². The van der Waals surface area contributed by atoms with Crippen LogP contribution < -0.4 is 21.2 Å². The van der Waals surface area contributed by atoms with Crippen LogP contribution in [-0.4, -0.2) is 37.6 Å². The normalized spacial score (nSPS) is 12.2. The van der Waals surface area contributed by atoms with Crippen LogP contribution in [0.2, 0.25) is 39.3 Å². The van der Waals surface area contributed by atoms with Crippen molar-refractivity contribution >= 4 is 82.9 Å². The summed E-state index contributed by atoms with van der Waals surface area (Å²) < 4.78 is 11.8. The Balaban J connectivity index is 0.00000205. The molecule has 4 aromatic rings. The minimum atomic E-state index is -2.32. The van der Waals surface area contributed by atoms with Crippen molar-refractivity contribution in [2.24, 2.45) is 4.41 Å². The second kappa shape index (κ2) is 14.0. The third-order valence-corrected chi connectivity index (χ3v) is 20.2. The van der Waals surface area contributed by atoms with E-state index >= 15 is 0 Å². The molecule has 204 valence electrons. The number of halogens is 1. The molecule has 0 N–H and O–H groups in total. The van der Waals surface area contributed by atoms with Gasteiger partial charge in [0.1, 0.15) is 0 Å². The summed E-state index contributed by atoms with van der Waals surface area (Å²) in [7, 11) is -3.72.